The Morgan fingerprint density at radius 3 is 2.59 bits per heavy atom. The van der Waals surface area contributed by atoms with E-state index in [4.69, 9.17) is 0 Å². The van der Waals surface area contributed by atoms with Crippen molar-refractivity contribution in [3.63, 3.8) is 0 Å². The Morgan fingerprint density at radius 1 is 1.17 bits per heavy atom. The van der Waals surface area contributed by atoms with E-state index in [1.54, 1.807) is 29.2 Å². The van der Waals surface area contributed by atoms with Gasteiger partial charge in [0.2, 0.25) is 5.91 Å². The number of rotatable bonds is 5. The number of piperidine rings is 1. The molecule has 0 unspecified atom stereocenters. The Balaban J connectivity index is 1.43. The third-order valence-electron chi connectivity index (χ3n) is 5.36. The zero-order valence-electron chi connectivity index (χ0n) is 16.0. The van der Waals surface area contributed by atoms with Crippen molar-refractivity contribution in [3.05, 3.63) is 52.2 Å². The van der Waals surface area contributed by atoms with Crippen LogP contribution < -0.4 is 10.2 Å². The van der Waals surface area contributed by atoms with Gasteiger partial charge in [-0.2, -0.15) is 0 Å². The van der Waals surface area contributed by atoms with Crippen molar-refractivity contribution in [2.45, 2.75) is 38.3 Å². The molecule has 2 fully saturated rings. The minimum Gasteiger partial charge on any atom is -0.353 e. The lowest BCUT2D eigenvalue weighted by molar-refractivity contribution is -0.124. The molecule has 0 aliphatic carbocycles. The van der Waals surface area contributed by atoms with E-state index < -0.39 is 6.04 Å². The van der Waals surface area contributed by atoms with E-state index in [1.807, 2.05) is 17.5 Å². The molecule has 1 N–H and O–H groups in total. The molecule has 2 aromatic rings. The highest BCUT2D eigenvalue weighted by Gasteiger charge is 2.48. The van der Waals surface area contributed by atoms with Crippen LogP contribution in [0.25, 0.3) is 0 Å². The van der Waals surface area contributed by atoms with Crippen molar-refractivity contribution >= 4 is 40.7 Å². The first-order chi connectivity index (χ1) is 13.9. The fourth-order valence-corrected chi connectivity index (χ4v) is 4.57. The van der Waals surface area contributed by atoms with Crippen LogP contribution in [-0.2, 0) is 16.0 Å². The molecule has 29 heavy (non-hydrogen) atoms. The van der Waals surface area contributed by atoms with Crippen LogP contribution in [0.15, 0.2) is 41.8 Å². The number of urea groups is 1. The summed E-state index contributed by atoms with van der Waals surface area (Å²) in [6, 6.07) is 9.23. The zero-order valence-corrected chi connectivity index (χ0v) is 16.8. The van der Waals surface area contributed by atoms with Crippen molar-refractivity contribution in [1.82, 2.24) is 10.2 Å². The Morgan fingerprint density at radius 2 is 1.93 bits per heavy atom. The molecule has 150 valence electrons. The molecule has 0 saturated carbocycles. The van der Waals surface area contributed by atoms with Gasteiger partial charge in [-0.1, -0.05) is 6.07 Å². The number of thiophene rings is 1. The SMILES string of the molecule is CC(=O)c1ccc(N2C(=O)[C@@H]3C[C@@H](NC(=O)Cc4cccs4)CCN3C2=O)cc1. The number of hydrogen-bond donors (Lipinski definition) is 1. The molecule has 4 rings (SSSR count). The second-order valence-electron chi connectivity index (χ2n) is 7.31. The van der Waals surface area contributed by atoms with Crippen LogP contribution in [-0.4, -0.2) is 47.2 Å². The highest BCUT2D eigenvalue weighted by atomic mass is 32.1. The summed E-state index contributed by atoms with van der Waals surface area (Å²) in [7, 11) is 0. The molecule has 4 amide bonds. The Labute approximate surface area is 172 Å². The number of nitrogens with zero attached hydrogens (tertiary/aromatic N) is 2. The quantitative estimate of drug-likeness (QED) is 0.605. The molecular formula is C21H21N3O4S. The third kappa shape index (κ3) is 3.80. The Bertz CT molecular complexity index is 955. The molecule has 1 aromatic heterocycles. The number of nitrogens with one attached hydrogen (secondary N) is 1. The molecule has 2 saturated heterocycles. The van der Waals surface area contributed by atoms with Crippen LogP contribution >= 0.6 is 11.3 Å². The summed E-state index contributed by atoms with van der Waals surface area (Å²) in [4.78, 5) is 53.2. The number of fused-ring (bicyclic) bond motifs is 1. The first-order valence-corrected chi connectivity index (χ1v) is 10.4. The first-order valence-electron chi connectivity index (χ1n) is 9.51. The number of anilines is 1. The van der Waals surface area contributed by atoms with Gasteiger partial charge in [-0.3, -0.25) is 14.4 Å². The highest BCUT2D eigenvalue weighted by Crippen LogP contribution is 2.31. The largest absolute Gasteiger partial charge is 0.353 e. The lowest BCUT2D eigenvalue weighted by atomic mass is 9.97. The Kier molecular flexibility index (Phi) is 5.19. The van der Waals surface area contributed by atoms with Crippen LogP contribution in [0.5, 0.6) is 0 Å². The van der Waals surface area contributed by atoms with E-state index in [0.717, 1.165) is 4.88 Å². The zero-order chi connectivity index (χ0) is 20.5. The average Bonchev–Trinajstić information content (AvgIpc) is 3.28. The van der Waals surface area contributed by atoms with Crippen LogP contribution in [0, 0.1) is 0 Å². The van der Waals surface area contributed by atoms with Crippen LogP contribution in [0.4, 0.5) is 10.5 Å². The van der Waals surface area contributed by atoms with E-state index >= 15 is 0 Å². The maximum atomic E-state index is 12.9. The second-order valence-corrected chi connectivity index (χ2v) is 8.35. The lowest BCUT2D eigenvalue weighted by Crippen LogP contribution is -2.50. The first kappa shape index (κ1) is 19.3. The molecule has 1 aromatic carbocycles. The van der Waals surface area contributed by atoms with Gasteiger partial charge in [0.15, 0.2) is 5.78 Å². The summed E-state index contributed by atoms with van der Waals surface area (Å²) < 4.78 is 0. The predicted molar refractivity (Wildman–Crippen MR) is 109 cm³/mol. The predicted octanol–water partition coefficient (Wildman–Crippen LogP) is 2.61. The minimum absolute atomic E-state index is 0.0700. The molecule has 2 aliphatic rings. The average molecular weight is 411 g/mol. The number of ketones is 1. The number of imide groups is 1. The highest BCUT2D eigenvalue weighted by molar-refractivity contribution is 7.10. The van der Waals surface area contributed by atoms with Crippen LogP contribution in [0.1, 0.15) is 35.0 Å². The fraction of sp³-hybridized carbons (Fsp3) is 0.333. The van der Waals surface area contributed by atoms with E-state index in [0.29, 0.717) is 37.1 Å². The van der Waals surface area contributed by atoms with Crippen molar-refractivity contribution < 1.29 is 19.2 Å². The molecule has 0 bridgehead atoms. The molecular weight excluding hydrogens is 390 g/mol. The molecule has 3 heterocycles. The number of carbonyl (C=O) groups excluding carboxylic acids is 4. The number of Topliss-reactive ketones (excluding diaryl/α,β-unsaturated/α-hetero) is 1. The van der Waals surface area contributed by atoms with Gasteiger partial charge >= 0.3 is 6.03 Å². The number of amides is 4. The van der Waals surface area contributed by atoms with Crippen molar-refractivity contribution in [3.8, 4) is 0 Å². The summed E-state index contributed by atoms with van der Waals surface area (Å²) in [5.41, 5.74) is 0.983. The van der Waals surface area contributed by atoms with Gasteiger partial charge < -0.3 is 10.2 Å². The minimum atomic E-state index is -0.573. The lowest BCUT2D eigenvalue weighted by Gasteiger charge is -2.32. The van der Waals surface area contributed by atoms with Crippen molar-refractivity contribution in [2.24, 2.45) is 0 Å². The monoisotopic (exact) mass is 411 g/mol. The Hall–Kier alpha value is -3.00. The van der Waals surface area contributed by atoms with Crippen LogP contribution in [0.2, 0.25) is 0 Å². The smallest absolute Gasteiger partial charge is 0.332 e. The summed E-state index contributed by atoms with van der Waals surface area (Å²) >= 11 is 1.53. The van der Waals surface area contributed by atoms with E-state index in [2.05, 4.69) is 5.32 Å². The molecule has 0 radical (unpaired) electrons. The molecule has 7 nitrogen and oxygen atoms in total. The van der Waals surface area contributed by atoms with Gasteiger partial charge in [0.25, 0.3) is 5.91 Å². The van der Waals surface area contributed by atoms with Crippen molar-refractivity contribution in [2.75, 3.05) is 11.4 Å². The maximum Gasteiger partial charge on any atom is 0.332 e. The van der Waals surface area contributed by atoms with Gasteiger partial charge in [0.05, 0.1) is 12.1 Å². The molecule has 8 heteroatoms. The fourth-order valence-electron chi connectivity index (χ4n) is 3.86. The number of carbonyl (C=O) groups is 4. The normalized spacial score (nSPS) is 21.3. The summed E-state index contributed by atoms with van der Waals surface area (Å²) in [6.45, 7) is 1.88. The van der Waals surface area contributed by atoms with Gasteiger partial charge in [-0.25, -0.2) is 9.69 Å². The van der Waals surface area contributed by atoms with Crippen LogP contribution in [0.3, 0.4) is 0 Å². The maximum absolute atomic E-state index is 12.9. The van der Waals surface area contributed by atoms with Gasteiger partial charge in [0.1, 0.15) is 6.04 Å². The van der Waals surface area contributed by atoms with Crippen molar-refractivity contribution in [1.29, 1.82) is 0 Å². The number of benzene rings is 1. The standard InChI is InChI=1S/C21H21N3O4S/c1-13(25)14-4-6-16(7-5-14)24-20(27)18-11-15(8-9-23(18)21(24)28)22-19(26)12-17-3-2-10-29-17/h2-7,10,15,18H,8-9,11-12H2,1H3,(H,22,26)/t15-,18-/m0/s1. The van der Waals surface area contributed by atoms with E-state index in [-0.39, 0.29) is 29.7 Å². The molecule has 0 spiro atoms. The summed E-state index contributed by atoms with van der Waals surface area (Å²) in [6.07, 6.45) is 1.34. The van der Waals surface area contributed by atoms with E-state index in [1.165, 1.54) is 23.2 Å². The molecule has 2 aliphatic heterocycles. The van der Waals surface area contributed by atoms with Gasteiger partial charge in [0, 0.05) is 23.0 Å². The van der Waals surface area contributed by atoms with Gasteiger partial charge in [-0.05, 0) is 55.5 Å². The third-order valence-corrected chi connectivity index (χ3v) is 6.23. The molecule has 2 atom stereocenters. The van der Waals surface area contributed by atoms with E-state index in [9.17, 15) is 19.2 Å². The summed E-state index contributed by atoms with van der Waals surface area (Å²) in [5, 5.41) is 4.93. The summed E-state index contributed by atoms with van der Waals surface area (Å²) in [5.74, 6) is -0.434. The van der Waals surface area contributed by atoms with Gasteiger partial charge in [-0.15, -0.1) is 11.3 Å². The second kappa shape index (κ2) is 7.79. The topological polar surface area (TPSA) is 86.8 Å². The number of hydrogen-bond acceptors (Lipinski definition) is 5.